The molecule has 1 aromatic rings. The van der Waals surface area contributed by atoms with Gasteiger partial charge in [-0.15, -0.1) is 0 Å². The van der Waals surface area contributed by atoms with Crippen molar-refractivity contribution in [2.75, 3.05) is 18.5 Å². The van der Waals surface area contributed by atoms with Gasteiger partial charge in [-0.05, 0) is 19.1 Å². The number of para-hydroxylation sites is 1. The molecule has 0 unspecified atom stereocenters. The molecule has 0 aliphatic carbocycles. The van der Waals surface area contributed by atoms with Crippen molar-refractivity contribution in [3.63, 3.8) is 0 Å². The highest BCUT2D eigenvalue weighted by Crippen LogP contribution is 2.21. The first kappa shape index (κ1) is 11.8. The Balaban J connectivity index is 2.72. The molecule has 0 atom stereocenters. The largest absolute Gasteiger partial charge is 0.374 e. The number of benzene rings is 1. The summed E-state index contributed by atoms with van der Waals surface area (Å²) >= 11 is 0. The van der Waals surface area contributed by atoms with Crippen LogP contribution in [0.4, 0.5) is 5.69 Å². The Hall–Kier alpha value is -1.31. The van der Waals surface area contributed by atoms with Crippen molar-refractivity contribution in [1.82, 2.24) is 0 Å². The van der Waals surface area contributed by atoms with Crippen LogP contribution in [0.5, 0.6) is 0 Å². The van der Waals surface area contributed by atoms with E-state index in [2.05, 4.69) is 17.0 Å². The summed E-state index contributed by atoms with van der Waals surface area (Å²) in [6.45, 7) is 6.36. The highest BCUT2D eigenvalue weighted by atomic mass is 16.1. The number of carbonyl (C=O) groups is 1. The molecule has 0 fully saturated rings. The molecule has 0 aliphatic heterocycles. The normalized spacial score (nSPS) is 11.2. The van der Waals surface area contributed by atoms with E-state index in [1.807, 2.05) is 39.1 Å². The molecule has 0 bridgehead atoms. The zero-order valence-corrected chi connectivity index (χ0v) is 9.95. The Bertz CT molecular complexity index is 330. The SMILES string of the molecule is CC(=O)C(C)(C)CN(C)c1ccccc1. The minimum atomic E-state index is -0.287. The molecule has 0 aromatic heterocycles. The summed E-state index contributed by atoms with van der Waals surface area (Å²) in [6, 6.07) is 10.1. The van der Waals surface area contributed by atoms with Crippen LogP contribution in [0.1, 0.15) is 20.8 Å². The van der Waals surface area contributed by atoms with Gasteiger partial charge in [-0.1, -0.05) is 32.0 Å². The Kier molecular flexibility index (Phi) is 3.51. The third kappa shape index (κ3) is 3.08. The number of rotatable bonds is 4. The van der Waals surface area contributed by atoms with E-state index < -0.39 is 0 Å². The molecular weight excluding hydrogens is 186 g/mol. The molecule has 2 heteroatoms. The van der Waals surface area contributed by atoms with E-state index in [0.29, 0.717) is 0 Å². The Labute approximate surface area is 91.9 Å². The van der Waals surface area contributed by atoms with Crippen LogP contribution < -0.4 is 4.90 Å². The average Bonchev–Trinajstić information content (AvgIpc) is 2.18. The summed E-state index contributed by atoms with van der Waals surface area (Å²) in [7, 11) is 2.01. The molecule has 1 aromatic carbocycles. The molecule has 1 rings (SSSR count). The van der Waals surface area contributed by atoms with Crippen molar-refractivity contribution in [2.45, 2.75) is 20.8 Å². The van der Waals surface area contributed by atoms with Crippen molar-refractivity contribution in [3.05, 3.63) is 30.3 Å². The van der Waals surface area contributed by atoms with Crippen LogP contribution in [0, 0.1) is 5.41 Å². The zero-order valence-electron chi connectivity index (χ0n) is 9.95. The van der Waals surface area contributed by atoms with Crippen molar-refractivity contribution in [1.29, 1.82) is 0 Å². The van der Waals surface area contributed by atoms with Gasteiger partial charge in [-0.2, -0.15) is 0 Å². The van der Waals surface area contributed by atoms with Crippen LogP contribution in [-0.2, 0) is 4.79 Å². The number of nitrogens with zero attached hydrogens (tertiary/aromatic N) is 1. The van der Waals surface area contributed by atoms with E-state index in [1.54, 1.807) is 6.92 Å². The first-order valence-corrected chi connectivity index (χ1v) is 5.21. The summed E-state index contributed by atoms with van der Waals surface area (Å²) in [6.07, 6.45) is 0. The molecule has 0 heterocycles. The van der Waals surface area contributed by atoms with Crippen molar-refractivity contribution in [2.24, 2.45) is 5.41 Å². The standard InChI is InChI=1S/C13H19NO/c1-11(15)13(2,3)10-14(4)12-8-6-5-7-9-12/h5-9H,10H2,1-4H3. The predicted octanol–water partition coefficient (Wildman–Crippen LogP) is 2.74. The lowest BCUT2D eigenvalue weighted by Crippen LogP contribution is -2.36. The van der Waals surface area contributed by atoms with Crippen LogP contribution in [0.25, 0.3) is 0 Å². The maximum atomic E-state index is 11.4. The van der Waals surface area contributed by atoms with Gasteiger partial charge >= 0.3 is 0 Å². The second-order valence-corrected chi connectivity index (χ2v) is 4.63. The lowest BCUT2D eigenvalue weighted by Gasteiger charge is -2.29. The molecule has 0 radical (unpaired) electrons. The molecule has 0 amide bonds. The van der Waals surface area contributed by atoms with Gasteiger partial charge < -0.3 is 4.90 Å². The first-order chi connectivity index (χ1) is 6.93. The first-order valence-electron chi connectivity index (χ1n) is 5.21. The number of ketones is 1. The smallest absolute Gasteiger partial charge is 0.137 e. The van der Waals surface area contributed by atoms with Gasteiger partial charge in [0.2, 0.25) is 0 Å². The second kappa shape index (κ2) is 4.47. The third-order valence-corrected chi connectivity index (χ3v) is 2.78. The van der Waals surface area contributed by atoms with Crippen LogP contribution in [-0.4, -0.2) is 19.4 Å². The lowest BCUT2D eigenvalue weighted by atomic mass is 9.88. The van der Waals surface area contributed by atoms with E-state index >= 15 is 0 Å². The molecule has 0 N–H and O–H groups in total. The monoisotopic (exact) mass is 205 g/mol. The van der Waals surface area contributed by atoms with Crippen LogP contribution in [0.3, 0.4) is 0 Å². The number of anilines is 1. The lowest BCUT2D eigenvalue weighted by molar-refractivity contribution is -0.124. The molecule has 0 saturated heterocycles. The summed E-state index contributed by atoms with van der Waals surface area (Å²) in [5, 5.41) is 0. The highest BCUT2D eigenvalue weighted by molar-refractivity contribution is 5.82. The second-order valence-electron chi connectivity index (χ2n) is 4.63. The average molecular weight is 205 g/mol. The van der Waals surface area contributed by atoms with E-state index in [4.69, 9.17) is 0 Å². The van der Waals surface area contributed by atoms with Crippen molar-refractivity contribution < 1.29 is 4.79 Å². The molecule has 0 saturated carbocycles. The van der Waals surface area contributed by atoms with Gasteiger partial charge in [0.05, 0.1) is 0 Å². The Morgan fingerprint density at radius 1 is 1.27 bits per heavy atom. The molecule has 2 nitrogen and oxygen atoms in total. The van der Waals surface area contributed by atoms with Gasteiger partial charge in [-0.3, -0.25) is 4.79 Å². The van der Waals surface area contributed by atoms with E-state index in [-0.39, 0.29) is 11.2 Å². The number of hydrogen-bond donors (Lipinski definition) is 0. The third-order valence-electron chi connectivity index (χ3n) is 2.78. The number of Topliss-reactive ketones (excluding diaryl/α,β-unsaturated/α-hetero) is 1. The quantitative estimate of drug-likeness (QED) is 0.753. The van der Waals surface area contributed by atoms with Gasteiger partial charge in [-0.25, -0.2) is 0 Å². The van der Waals surface area contributed by atoms with Crippen LogP contribution >= 0.6 is 0 Å². The molecular formula is C13H19NO. The molecule has 0 aliphatic rings. The van der Waals surface area contributed by atoms with Gasteiger partial charge in [0.25, 0.3) is 0 Å². The summed E-state index contributed by atoms with van der Waals surface area (Å²) < 4.78 is 0. The summed E-state index contributed by atoms with van der Waals surface area (Å²) in [5.74, 6) is 0.227. The van der Waals surface area contributed by atoms with E-state index in [1.165, 1.54) is 0 Å². The van der Waals surface area contributed by atoms with Crippen LogP contribution in [0.2, 0.25) is 0 Å². The van der Waals surface area contributed by atoms with E-state index in [0.717, 1.165) is 12.2 Å². The molecule has 82 valence electrons. The fraction of sp³-hybridized carbons (Fsp3) is 0.462. The predicted molar refractivity (Wildman–Crippen MR) is 64.2 cm³/mol. The van der Waals surface area contributed by atoms with E-state index in [9.17, 15) is 4.79 Å². The molecule has 0 spiro atoms. The fourth-order valence-corrected chi connectivity index (χ4v) is 1.48. The van der Waals surface area contributed by atoms with Gasteiger partial charge in [0, 0.05) is 24.7 Å². The van der Waals surface area contributed by atoms with Crippen molar-refractivity contribution >= 4 is 11.5 Å². The Morgan fingerprint density at radius 3 is 2.27 bits per heavy atom. The summed E-state index contributed by atoms with van der Waals surface area (Å²) in [5.41, 5.74) is 0.858. The van der Waals surface area contributed by atoms with Crippen molar-refractivity contribution in [3.8, 4) is 0 Å². The maximum Gasteiger partial charge on any atom is 0.137 e. The van der Waals surface area contributed by atoms with Gasteiger partial charge in [0.1, 0.15) is 5.78 Å². The molecule has 15 heavy (non-hydrogen) atoms. The zero-order chi connectivity index (χ0) is 11.5. The number of hydrogen-bond acceptors (Lipinski definition) is 2. The minimum absolute atomic E-state index is 0.227. The number of carbonyl (C=O) groups excluding carboxylic acids is 1. The Morgan fingerprint density at radius 2 is 1.80 bits per heavy atom. The van der Waals surface area contributed by atoms with Gasteiger partial charge in [0.15, 0.2) is 0 Å². The minimum Gasteiger partial charge on any atom is -0.374 e. The summed E-state index contributed by atoms with van der Waals surface area (Å²) in [4.78, 5) is 13.5. The van der Waals surface area contributed by atoms with Crippen LogP contribution in [0.15, 0.2) is 30.3 Å². The topological polar surface area (TPSA) is 20.3 Å². The highest BCUT2D eigenvalue weighted by Gasteiger charge is 2.25. The fourth-order valence-electron chi connectivity index (χ4n) is 1.48. The maximum absolute atomic E-state index is 11.4.